The average molecular weight is 431 g/mol. The number of benzene rings is 1. The van der Waals surface area contributed by atoms with Gasteiger partial charge in [0.1, 0.15) is 16.5 Å². The van der Waals surface area contributed by atoms with Crippen molar-refractivity contribution in [3.63, 3.8) is 0 Å². The van der Waals surface area contributed by atoms with E-state index in [4.69, 9.17) is 9.26 Å². The van der Waals surface area contributed by atoms with Crippen LogP contribution in [-0.2, 0) is 16.4 Å². The van der Waals surface area contributed by atoms with E-state index >= 15 is 0 Å². The van der Waals surface area contributed by atoms with Gasteiger partial charge in [0.25, 0.3) is 0 Å². The fourth-order valence-electron chi connectivity index (χ4n) is 3.05. The number of nitrogens with zero attached hydrogens (tertiary/aromatic N) is 3. The highest BCUT2D eigenvalue weighted by atomic mass is 32.2. The second kappa shape index (κ2) is 8.93. The smallest absolute Gasteiger partial charge is 0.244 e. The van der Waals surface area contributed by atoms with Crippen molar-refractivity contribution in [2.24, 2.45) is 0 Å². The molecule has 0 aliphatic heterocycles. The number of hydrogen-bond donors (Lipinski definition) is 1. The fourth-order valence-corrected chi connectivity index (χ4v) is 4.28. The van der Waals surface area contributed by atoms with E-state index in [1.54, 1.807) is 31.3 Å². The van der Waals surface area contributed by atoms with Gasteiger partial charge < -0.3 is 9.26 Å². The zero-order valence-corrected chi connectivity index (χ0v) is 18.6. The van der Waals surface area contributed by atoms with E-state index < -0.39 is 10.0 Å². The van der Waals surface area contributed by atoms with E-state index in [2.05, 4.69) is 19.8 Å². The molecule has 1 N–H and O–H groups in total. The zero-order valence-electron chi connectivity index (χ0n) is 17.8. The Labute approximate surface area is 176 Å². The van der Waals surface area contributed by atoms with Crippen molar-refractivity contribution >= 4 is 10.0 Å². The van der Waals surface area contributed by atoms with Crippen LogP contribution in [0.4, 0.5) is 0 Å². The maximum absolute atomic E-state index is 12.9. The summed E-state index contributed by atoms with van der Waals surface area (Å²) < 4.78 is 39.1. The minimum absolute atomic E-state index is 0.126. The molecule has 9 heteroatoms. The first-order valence-corrected chi connectivity index (χ1v) is 11.1. The molecule has 2 aromatic heterocycles. The molecule has 0 spiro atoms. The Kier molecular flexibility index (Phi) is 6.52. The second-order valence-corrected chi connectivity index (χ2v) is 9.06. The number of sulfonamides is 1. The molecule has 30 heavy (non-hydrogen) atoms. The quantitative estimate of drug-likeness (QED) is 0.583. The van der Waals surface area contributed by atoms with E-state index in [9.17, 15) is 8.42 Å². The summed E-state index contributed by atoms with van der Waals surface area (Å²) in [5, 5.41) is 3.90. The predicted molar refractivity (Wildman–Crippen MR) is 113 cm³/mol. The Morgan fingerprint density at radius 2 is 1.97 bits per heavy atom. The number of aromatic nitrogens is 3. The SMILES string of the molecule is COc1ccc(C(C)C)cc1S(=O)(=O)NCCc1nc(C)ncc1-c1cc(C)no1. The molecule has 2 heterocycles. The standard InChI is InChI=1S/C21H26N4O4S/c1-13(2)16-6-7-19(28-5)21(11-16)30(26,27)23-9-8-18-17(12-22-15(4)24-18)20-10-14(3)25-29-20/h6-7,10-13,23H,8-9H2,1-5H3. The lowest BCUT2D eigenvalue weighted by molar-refractivity contribution is 0.402. The topological polar surface area (TPSA) is 107 Å². The van der Waals surface area contributed by atoms with Crippen LogP contribution in [0.3, 0.4) is 0 Å². The molecule has 0 fully saturated rings. The molecular weight excluding hydrogens is 404 g/mol. The molecule has 3 rings (SSSR count). The van der Waals surface area contributed by atoms with Gasteiger partial charge in [0.2, 0.25) is 10.0 Å². The monoisotopic (exact) mass is 430 g/mol. The van der Waals surface area contributed by atoms with Gasteiger partial charge >= 0.3 is 0 Å². The van der Waals surface area contributed by atoms with Crippen LogP contribution >= 0.6 is 0 Å². The Morgan fingerprint density at radius 3 is 2.60 bits per heavy atom. The van der Waals surface area contributed by atoms with Crippen molar-refractivity contribution in [1.82, 2.24) is 19.8 Å². The lowest BCUT2D eigenvalue weighted by Crippen LogP contribution is -2.27. The summed E-state index contributed by atoms with van der Waals surface area (Å²) in [6.07, 6.45) is 2.03. The minimum Gasteiger partial charge on any atom is -0.495 e. The normalized spacial score (nSPS) is 11.8. The largest absolute Gasteiger partial charge is 0.495 e. The van der Waals surface area contributed by atoms with Gasteiger partial charge in [0, 0.05) is 25.2 Å². The first kappa shape index (κ1) is 21.9. The molecule has 1 aromatic carbocycles. The van der Waals surface area contributed by atoms with Crippen molar-refractivity contribution < 1.29 is 17.7 Å². The number of nitrogens with one attached hydrogen (secondary N) is 1. The lowest BCUT2D eigenvalue weighted by Gasteiger charge is -2.14. The van der Waals surface area contributed by atoms with Gasteiger partial charge in [-0.05, 0) is 37.5 Å². The van der Waals surface area contributed by atoms with Gasteiger partial charge in [-0.2, -0.15) is 0 Å². The highest BCUT2D eigenvalue weighted by molar-refractivity contribution is 7.89. The van der Waals surface area contributed by atoms with Crippen LogP contribution < -0.4 is 9.46 Å². The highest BCUT2D eigenvalue weighted by Crippen LogP contribution is 2.28. The predicted octanol–water partition coefficient (Wildman–Crippen LogP) is 3.40. The second-order valence-electron chi connectivity index (χ2n) is 7.32. The molecule has 0 saturated heterocycles. The Bertz CT molecular complexity index is 1140. The fraction of sp³-hybridized carbons (Fsp3) is 0.381. The summed E-state index contributed by atoms with van der Waals surface area (Å²) >= 11 is 0. The Morgan fingerprint density at radius 1 is 1.20 bits per heavy atom. The van der Waals surface area contributed by atoms with Gasteiger partial charge in [0.05, 0.1) is 24.1 Å². The van der Waals surface area contributed by atoms with Crippen LogP contribution in [0, 0.1) is 13.8 Å². The van der Waals surface area contributed by atoms with Gasteiger partial charge in [0.15, 0.2) is 5.76 Å². The molecular formula is C21H26N4O4S. The number of methoxy groups -OCH3 is 1. The number of aryl methyl sites for hydroxylation is 2. The molecule has 160 valence electrons. The zero-order chi connectivity index (χ0) is 21.9. The Balaban J connectivity index is 1.82. The summed E-state index contributed by atoms with van der Waals surface area (Å²) in [5.41, 5.74) is 3.05. The molecule has 3 aromatic rings. The Hall–Kier alpha value is -2.78. The van der Waals surface area contributed by atoms with Crippen molar-refractivity contribution in [1.29, 1.82) is 0 Å². The summed E-state index contributed by atoms with van der Waals surface area (Å²) in [5.74, 6) is 1.65. The summed E-state index contributed by atoms with van der Waals surface area (Å²) in [4.78, 5) is 8.81. The third-order valence-corrected chi connectivity index (χ3v) is 6.16. The van der Waals surface area contributed by atoms with Crippen LogP contribution in [-0.4, -0.2) is 37.2 Å². The minimum atomic E-state index is -3.77. The van der Waals surface area contributed by atoms with E-state index in [-0.39, 0.29) is 17.4 Å². The van der Waals surface area contributed by atoms with E-state index in [1.807, 2.05) is 26.8 Å². The molecule has 0 amide bonds. The van der Waals surface area contributed by atoms with Crippen molar-refractivity contribution in [3.8, 4) is 17.1 Å². The molecule has 8 nitrogen and oxygen atoms in total. The van der Waals surface area contributed by atoms with Crippen LogP contribution in [0.15, 0.2) is 39.9 Å². The maximum Gasteiger partial charge on any atom is 0.244 e. The maximum atomic E-state index is 12.9. The van der Waals surface area contributed by atoms with Crippen molar-refractivity contribution in [2.45, 2.75) is 44.9 Å². The highest BCUT2D eigenvalue weighted by Gasteiger charge is 2.21. The molecule has 0 unspecified atom stereocenters. The molecule has 0 atom stereocenters. The van der Waals surface area contributed by atoms with Crippen LogP contribution in [0.1, 0.15) is 42.5 Å². The third kappa shape index (κ3) is 4.85. The summed E-state index contributed by atoms with van der Waals surface area (Å²) in [6, 6.07) is 7.01. The number of ether oxygens (including phenoxy) is 1. The van der Waals surface area contributed by atoms with E-state index in [0.29, 0.717) is 35.0 Å². The molecule has 0 radical (unpaired) electrons. The third-order valence-electron chi connectivity index (χ3n) is 4.68. The van der Waals surface area contributed by atoms with Crippen LogP contribution in [0.2, 0.25) is 0 Å². The van der Waals surface area contributed by atoms with Gasteiger partial charge in [-0.3, -0.25) is 0 Å². The van der Waals surface area contributed by atoms with Crippen LogP contribution in [0.5, 0.6) is 5.75 Å². The molecule has 0 saturated carbocycles. The van der Waals surface area contributed by atoms with Gasteiger partial charge in [-0.25, -0.2) is 23.1 Å². The van der Waals surface area contributed by atoms with E-state index in [0.717, 1.165) is 11.3 Å². The molecule has 0 aliphatic carbocycles. The van der Waals surface area contributed by atoms with E-state index in [1.165, 1.54) is 7.11 Å². The number of rotatable bonds is 8. The molecule has 0 aliphatic rings. The first-order valence-electron chi connectivity index (χ1n) is 9.65. The van der Waals surface area contributed by atoms with Gasteiger partial charge in [-0.1, -0.05) is 25.1 Å². The number of hydrogen-bond acceptors (Lipinski definition) is 7. The first-order chi connectivity index (χ1) is 14.2. The van der Waals surface area contributed by atoms with Crippen molar-refractivity contribution in [2.75, 3.05) is 13.7 Å². The van der Waals surface area contributed by atoms with Crippen molar-refractivity contribution in [3.05, 3.63) is 53.2 Å². The molecule has 0 bridgehead atoms. The average Bonchev–Trinajstić information content (AvgIpc) is 3.13. The van der Waals surface area contributed by atoms with Crippen LogP contribution in [0.25, 0.3) is 11.3 Å². The summed E-state index contributed by atoms with van der Waals surface area (Å²) in [7, 11) is -2.31. The lowest BCUT2D eigenvalue weighted by atomic mass is 10.0. The summed E-state index contributed by atoms with van der Waals surface area (Å²) in [6.45, 7) is 7.79. The van der Waals surface area contributed by atoms with Gasteiger partial charge in [-0.15, -0.1) is 0 Å².